The van der Waals surface area contributed by atoms with Gasteiger partial charge in [0.1, 0.15) is 6.04 Å². The normalized spacial score (nSPS) is 14.7. The van der Waals surface area contributed by atoms with Crippen LogP contribution in [0.2, 0.25) is 0 Å². The van der Waals surface area contributed by atoms with E-state index in [1.165, 1.54) is 31.0 Å². The third-order valence-electron chi connectivity index (χ3n) is 7.80. The zero-order valence-corrected chi connectivity index (χ0v) is 23.9. The molecule has 4 aromatic rings. The van der Waals surface area contributed by atoms with Gasteiger partial charge >= 0.3 is 5.97 Å². The van der Waals surface area contributed by atoms with Crippen LogP contribution in [0, 0.1) is 5.92 Å². The van der Waals surface area contributed by atoms with Gasteiger partial charge < -0.3 is 15.7 Å². The second kappa shape index (κ2) is 12.9. The number of aliphatic carboxylic acids is 1. The van der Waals surface area contributed by atoms with Crippen molar-refractivity contribution in [3.8, 4) is 5.69 Å². The van der Waals surface area contributed by atoms with Gasteiger partial charge in [-0.15, -0.1) is 0 Å². The molecule has 1 saturated carbocycles. The maximum Gasteiger partial charge on any atom is 0.328 e. The van der Waals surface area contributed by atoms with E-state index in [0.717, 1.165) is 35.5 Å². The molecule has 0 unspecified atom stereocenters. The Labute approximate surface area is 245 Å². The third-order valence-corrected chi connectivity index (χ3v) is 7.80. The summed E-state index contributed by atoms with van der Waals surface area (Å²) >= 11 is 0. The molecule has 0 radical (unpaired) electrons. The molecular formula is C34H36N4O4. The summed E-state index contributed by atoms with van der Waals surface area (Å²) in [5, 5.41) is 20.6. The maximum atomic E-state index is 13.4. The molecule has 0 saturated heterocycles. The van der Waals surface area contributed by atoms with E-state index in [1.54, 1.807) is 24.3 Å². The van der Waals surface area contributed by atoms with Crippen molar-refractivity contribution >= 4 is 40.4 Å². The lowest BCUT2D eigenvalue weighted by molar-refractivity contribution is -0.131. The lowest BCUT2D eigenvalue weighted by Crippen LogP contribution is -2.47. The topological polar surface area (TPSA) is 113 Å². The summed E-state index contributed by atoms with van der Waals surface area (Å²) in [6.07, 6.45) is 8.46. The highest BCUT2D eigenvalue weighted by atomic mass is 16.4. The number of para-hydroxylation sites is 1. The van der Waals surface area contributed by atoms with Gasteiger partial charge in [0.25, 0.3) is 5.91 Å². The van der Waals surface area contributed by atoms with Crippen molar-refractivity contribution in [2.75, 3.05) is 5.32 Å². The fourth-order valence-corrected chi connectivity index (χ4v) is 5.61. The average Bonchev–Trinajstić information content (AvgIpc) is 3.39. The molecule has 3 N–H and O–H groups in total. The Morgan fingerprint density at radius 1 is 0.952 bits per heavy atom. The monoisotopic (exact) mass is 564 g/mol. The summed E-state index contributed by atoms with van der Waals surface area (Å²) in [7, 11) is 0. The Morgan fingerprint density at radius 2 is 1.67 bits per heavy atom. The molecule has 5 rings (SSSR count). The number of fused-ring (bicyclic) bond motifs is 1. The number of hydrogen-bond donors (Lipinski definition) is 3. The Balaban J connectivity index is 1.36. The first-order valence-corrected chi connectivity index (χ1v) is 14.5. The summed E-state index contributed by atoms with van der Waals surface area (Å²) in [4.78, 5) is 37.3. The summed E-state index contributed by atoms with van der Waals surface area (Å²) in [6.45, 7) is 3.76. The molecule has 8 nitrogen and oxygen atoms in total. The van der Waals surface area contributed by atoms with E-state index in [2.05, 4.69) is 22.8 Å². The number of aromatic nitrogens is 2. The first kappa shape index (κ1) is 28.8. The molecule has 1 aliphatic rings. The van der Waals surface area contributed by atoms with E-state index in [-0.39, 0.29) is 17.7 Å². The molecule has 3 aromatic carbocycles. The predicted molar refractivity (Wildman–Crippen MR) is 165 cm³/mol. The minimum Gasteiger partial charge on any atom is -0.478 e. The number of amides is 2. The predicted octanol–water partition coefficient (Wildman–Crippen LogP) is 6.56. The van der Waals surface area contributed by atoms with Crippen LogP contribution in [0.25, 0.3) is 22.7 Å². The van der Waals surface area contributed by atoms with Crippen molar-refractivity contribution < 1.29 is 19.5 Å². The first-order valence-electron chi connectivity index (χ1n) is 14.5. The highest BCUT2D eigenvalue weighted by Crippen LogP contribution is 2.38. The number of nitrogens with zero attached hydrogens (tertiary/aromatic N) is 2. The molecule has 1 heterocycles. The number of nitrogens with one attached hydrogen (secondary N) is 2. The van der Waals surface area contributed by atoms with Crippen LogP contribution in [0.3, 0.4) is 0 Å². The Hall–Kier alpha value is -4.72. The minimum absolute atomic E-state index is 0.161. The van der Waals surface area contributed by atoms with E-state index >= 15 is 0 Å². The van der Waals surface area contributed by atoms with Crippen LogP contribution in [0.15, 0.2) is 78.9 Å². The van der Waals surface area contributed by atoms with Crippen molar-refractivity contribution in [3.05, 3.63) is 95.7 Å². The third kappa shape index (κ3) is 6.60. The van der Waals surface area contributed by atoms with E-state index in [1.807, 2.05) is 54.9 Å². The van der Waals surface area contributed by atoms with Gasteiger partial charge in [0.2, 0.25) is 5.91 Å². The minimum atomic E-state index is -1.03. The van der Waals surface area contributed by atoms with Crippen molar-refractivity contribution in [1.29, 1.82) is 0 Å². The smallest absolute Gasteiger partial charge is 0.328 e. The van der Waals surface area contributed by atoms with Crippen molar-refractivity contribution in [1.82, 2.24) is 15.1 Å². The number of rotatable bonds is 9. The van der Waals surface area contributed by atoms with E-state index in [4.69, 9.17) is 10.2 Å². The zero-order chi connectivity index (χ0) is 29.6. The number of hydrogen-bond acceptors (Lipinski definition) is 4. The van der Waals surface area contributed by atoms with Gasteiger partial charge in [-0.2, -0.15) is 5.10 Å². The maximum absolute atomic E-state index is 13.4. The largest absolute Gasteiger partial charge is 0.478 e. The van der Waals surface area contributed by atoms with E-state index < -0.39 is 12.0 Å². The van der Waals surface area contributed by atoms with Gasteiger partial charge in [0.05, 0.1) is 16.9 Å². The van der Waals surface area contributed by atoms with Gasteiger partial charge in [0.15, 0.2) is 0 Å². The van der Waals surface area contributed by atoms with Gasteiger partial charge in [-0.05, 0) is 66.8 Å². The molecule has 1 aromatic heterocycles. The molecule has 1 aliphatic carbocycles. The zero-order valence-electron chi connectivity index (χ0n) is 23.9. The Morgan fingerprint density at radius 3 is 2.33 bits per heavy atom. The Bertz CT molecular complexity index is 1600. The molecular weight excluding hydrogens is 528 g/mol. The fraction of sp³-hybridized carbons (Fsp3) is 0.294. The molecule has 8 heteroatoms. The highest BCUT2D eigenvalue weighted by Gasteiger charge is 2.27. The molecule has 42 heavy (non-hydrogen) atoms. The first-order chi connectivity index (χ1) is 20.3. The molecule has 0 bridgehead atoms. The average molecular weight is 565 g/mol. The molecule has 2 amide bonds. The van der Waals surface area contributed by atoms with Crippen LogP contribution in [0.1, 0.15) is 73.5 Å². The second-order valence-corrected chi connectivity index (χ2v) is 11.2. The number of carbonyl (C=O) groups is 3. The lowest BCUT2D eigenvalue weighted by Gasteiger charge is -2.23. The molecule has 0 aliphatic heterocycles. The quantitative estimate of drug-likeness (QED) is 0.199. The molecule has 0 spiro atoms. The van der Waals surface area contributed by atoms with Crippen LogP contribution in [-0.4, -0.2) is 38.7 Å². The SMILES string of the molecule is CC(C)[C@H](NC(=O)c1ccc2c(C3CCCCC3)n(-c3ccccc3)nc2c1)C(=O)Nc1ccc(C=CC(=O)O)cc1. The standard InChI is InChI=1S/C34H36N4O4/c1-22(2)31(34(42)35-26-17-13-23(14-18-26)15-20-30(39)40)36-33(41)25-16-19-28-29(21-25)37-38(27-11-7-4-8-12-27)32(28)24-9-5-3-6-10-24/h4,7-8,11-22,24,31H,3,5-6,9-10H2,1-2H3,(H,35,42)(H,36,41)(H,39,40)/t31-/m0/s1. The molecule has 216 valence electrons. The molecule has 1 atom stereocenters. The van der Waals surface area contributed by atoms with Crippen LogP contribution >= 0.6 is 0 Å². The van der Waals surface area contributed by atoms with Gasteiger partial charge in [0, 0.05) is 28.6 Å². The van der Waals surface area contributed by atoms with E-state index in [0.29, 0.717) is 22.7 Å². The second-order valence-electron chi connectivity index (χ2n) is 11.2. The lowest BCUT2D eigenvalue weighted by atomic mass is 9.85. The summed E-state index contributed by atoms with van der Waals surface area (Å²) < 4.78 is 2.04. The number of carbonyl (C=O) groups excluding carboxylic acids is 2. The van der Waals surface area contributed by atoms with Crippen molar-refractivity contribution in [3.63, 3.8) is 0 Å². The van der Waals surface area contributed by atoms with E-state index in [9.17, 15) is 14.4 Å². The van der Waals surface area contributed by atoms with Gasteiger partial charge in [-0.1, -0.05) is 69.5 Å². The summed E-state index contributed by atoms with van der Waals surface area (Å²) in [6, 6.07) is 21.8. The van der Waals surface area contributed by atoms with Gasteiger partial charge in [-0.3, -0.25) is 9.59 Å². The Kier molecular flexibility index (Phi) is 8.81. The van der Waals surface area contributed by atoms with Gasteiger partial charge in [-0.25, -0.2) is 9.48 Å². The van der Waals surface area contributed by atoms with Crippen LogP contribution in [0.5, 0.6) is 0 Å². The highest BCUT2D eigenvalue weighted by molar-refractivity contribution is 6.03. The molecule has 1 fully saturated rings. The number of anilines is 1. The summed E-state index contributed by atoms with van der Waals surface area (Å²) in [5.74, 6) is -1.45. The number of carboxylic acids is 1. The van der Waals surface area contributed by atoms with Crippen LogP contribution < -0.4 is 10.6 Å². The van der Waals surface area contributed by atoms with Crippen LogP contribution in [0.4, 0.5) is 5.69 Å². The van der Waals surface area contributed by atoms with Crippen molar-refractivity contribution in [2.24, 2.45) is 5.92 Å². The number of benzene rings is 3. The van der Waals surface area contributed by atoms with Crippen LogP contribution in [-0.2, 0) is 9.59 Å². The number of carboxylic acid groups (broad SMARTS) is 1. The fourth-order valence-electron chi connectivity index (χ4n) is 5.61. The summed E-state index contributed by atoms with van der Waals surface area (Å²) in [5.41, 5.74) is 4.66. The van der Waals surface area contributed by atoms with Crippen molar-refractivity contribution in [2.45, 2.75) is 57.9 Å².